The van der Waals surface area contributed by atoms with Crippen molar-refractivity contribution in [1.29, 1.82) is 0 Å². The van der Waals surface area contributed by atoms with E-state index in [1.807, 2.05) is 0 Å². The zero-order valence-corrected chi connectivity index (χ0v) is 25.1. The maximum atomic E-state index is 13.2. The van der Waals surface area contributed by atoms with E-state index >= 15 is 0 Å². The van der Waals surface area contributed by atoms with Crippen molar-refractivity contribution in [1.82, 2.24) is 0 Å². The van der Waals surface area contributed by atoms with E-state index in [0.717, 1.165) is 36.8 Å². The van der Waals surface area contributed by atoms with Gasteiger partial charge in [-0.15, -0.1) is 10.2 Å². The largest absolute Gasteiger partial charge is 0.507 e. The Kier molecular flexibility index (Phi) is 7.92. The van der Waals surface area contributed by atoms with Crippen LogP contribution in [0.2, 0.25) is 0 Å². The van der Waals surface area contributed by atoms with Gasteiger partial charge in [0.2, 0.25) is 0 Å². The number of sulfone groups is 2. The van der Waals surface area contributed by atoms with Crippen LogP contribution in [0.3, 0.4) is 0 Å². The standard InChI is InChI=1S/C24H20ClN3O9S4/c1-38(30,31)15-9-10-19(23(14-15)39(2,32)33)26-27-20-11-12-22(29)18-7-4-8-21(24(18)20)28-41(36,37)17-6-3-5-16(13-17)40(25,34)35/h3-14,28-29H,1-2H3. The average molecular weight is 658 g/mol. The smallest absolute Gasteiger partial charge is 0.261 e. The van der Waals surface area contributed by atoms with Gasteiger partial charge in [0.05, 0.1) is 31.0 Å². The fourth-order valence-corrected chi connectivity index (χ4v) is 7.29. The minimum Gasteiger partial charge on any atom is -0.507 e. The Morgan fingerprint density at radius 1 is 0.683 bits per heavy atom. The number of azo groups is 1. The number of sulfonamides is 1. The maximum Gasteiger partial charge on any atom is 0.261 e. The lowest BCUT2D eigenvalue weighted by atomic mass is 10.1. The number of halogens is 1. The van der Waals surface area contributed by atoms with Crippen LogP contribution in [0.25, 0.3) is 10.8 Å². The van der Waals surface area contributed by atoms with Gasteiger partial charge in [0.25, 0.3) is 19.1 Å². The number of aromatic hydroxyl groups is 1. The van der Waals surface area contributed by atoms with E-state index in [4.69, 9.17) is 10.7 Å². The van der Waals surface area contributed by atoms with E-state index < -0.39 is 53.4 Å². The summed E-state index contributed by atoms with van der Waals surface area (Å²) in [6, 6.07) is 14.5. The van der Waals surface area contributed by atoms with Crippen LogP contribution in [0, 0.1) is 0 Å². The van der Waals surface area contributed by atoms with Crippen molar-refractivity contribution in [2.24, 2.45) is 10.2 Å². The van der Waals surface area contributed by atoms with Crippen LogP contribution < -0.4 is 4.72 Å². The first-order valence-electron chi connectivity index (χ1n) is 11.2. The van der Waals surface area contributed by atoms with Crippen molar-refractivity contribution in [2.45, 2.75) is 19.6 Å². The summed E-state index contributed by atoms with van der Waals surface area (Å²) < 4.78 is 101. The molecule has 0 aliphatic carbocycles. The lowest BCUT2D eigenvalue weighted by Gasteiger charge is -2.13. The first-order valence-corrected chi connectivity index (χ1v) is 18.7. The van der Waals surface area contributed by atoms with Gasteiger partial charge in [-0.3, -0.25) is 4.72 Å². The normalized spacial score (nSPS) is 13.0. The lowest BCUT2D eigenvalue weighted by Crippen LogP contribution is -2.13. The summed E-state index contributed by atoms with van der Waals surface area (Å²) in [5, 5.41) is 18.8. The Hall–Kier alpha value is -3.57. The molecule has 216 valence electrons. The van der Waals surface area contributed by atoms with Crippen molar-refractivity contribution >= 4 is 77.3 Å². The van der Waals surface area contributed by atoms with E-state index in [0.29, 0.717) is 0 Å². The molecule has 4 aromatic carbocycles. The van der Waals surface area contributed by atoms with Crippen LogP contribution in [0.5, 0.6) is 5.75 Å². The minimum absolute atomic E-state index is 0.0137. The number of rotatable bonds is 8. The van der Waals surface area contributed by atoms with E-state index in [1.165, 1.54) is 48.5 Å². The first-order chi connectivity index (χ1) is 18.9. The molecule has 0 aromatic heterocycles. The van der Waals surface area contributed by atoms with Gasteiger partial charge in [-0.25, -0.2) is 33.7 Å². The number of hydrogen-bond donors (Lipinski definition) is 2. The van der Waals surface area contributed by atoms with Crippen molar-refractivity contribution in [3.05, 3.63) is 72.8 Å². The van der Waals surface area contributed by atoms with Crippen LogP contribution in [-0.2, 0) is 38.7 Å². The summed E-state index contributed by atoms with van der Waals surface area (Å²) in [6.07, 6.45) is 1.80. The molecule has 0 aliphatic heterocycles. The van der Waals surface area contributed by atoms with Crippen molar-refractivity contribution < 1.29 is 38.8 Å². The molecule has 0 spiro atoms. The molecule has 2 N–H and O–H groups in total. The number of fused-ring (bicyclic) bond motifs is 1. The van der Waals surface area contributed by atoms with Gasteiger partial charge in [0, 0.05) is 34.0 Å². The number of phenols is 1. The van der Waals surface area contributed by atoms with Crippen LogP contribution in [0.4, 0.5) is 17.1 Å². The van der Waals surface area contributed by atoms with Gasteiger partial charge in [0.1, 0.15) is 11.4 Å². The third kappa shape index (κ3) is 6.68. The summed E-state index contributed by atoms with van der Waals surface area (Å²) in [6.45, 7) is 0. The van der Waals surface area contributed by atoms with E-state index in [-0.39, 0.29) is 38.5 Å². The van der Waals surface area contributed by atoms with Crippen molar-refractivity contribution in [3.63, 3.8) is 0 Å². The summed E-state index contributed by atoms with van der Waals surface area (Å²) >= 11 is 0. The Labute approximate surface area is 240 Å². The summed E-state index contributed by atoms with van der Waals surface area (Å²) in [5.41, 5.74) is -0.236. The molecule has 0 radical (unpaired) electrons. The zero-order chi connectivity index (χ0) is 30.4. The van der Waals surface area contributed by atoms with Crippen molar-refractivity contribution in [3.8, 4) is 5.75 Å². The molecule has 17 heteroatoms. The van der Waals surface area contributed by atoms with E-state index in [1.54, 1.807) is 0 Å². The molecule has 12 nitrogen and oxygen atoms in total. The number of benzene rings is 4. The molecule has 4 aromatic rings. The molecule has 0 unspecified atom stereocenters. The Morgan fingerprint density at radius 3 is 1.93 bits per heavy atom. The molecule has 0 aliphatic rings. The second-order valence-corrected chi connectivity index (χ2v) is 17.0. The molecule has 0 heterocycles. The summed E-state index contributed by atoms with van der Waals surface area (Å²) in [4.78, 5) is -1.49. The highest BCUT2D eigenvalue weighted by Crippen LogP contribution is 2.40. The predicted octanol–water partition coefficient (Wildman–Crippen LogP) is 4.50. The Bertz CT molecular complexity index is 2180. The zero-order valence-electron chi connectivity index (χ0n) is 21.0. The van der Waals surface area contributed by atoms with Crippen molar-refractivity contribution in [2.75, 3.05) is 17.2 Å². The molecule has 41 heavy (non-hydrogen) atoms. The second-order valence-electron chi connectivity index (χ2n) is 8.72. The molecule has 0 amide bonds. The molecule has 0 saturated carbocycles. The van der Waals surface area contributed by atoms with Crippen LogP contribution in [-0.4, -0.2) is 51.3 Å². The van der Waals surface area contributed by atoms with Crippen LogP contribution in [0.1, 0.15) is 0 Å². The highest BCUT2D eigenvalue weighted by molar-refractivity contribution is 8.13. The van der Waals surface area contributed by atoms with Crippen LogP contribution in [0.15, 0.2) is 103 Å². The van der Waals surface area contributed by atoms with Gasteiger partial charge < -0.3 is 5.11 Å². The molecular formula is C24H20ClN3O9S4. The fourth-order valence-electron chi connectivity index (χ4n) is 3.75. The third-order valence-corrected chi connectivity index (χ3v) is 10.6. The quantitative estimate of drug-likeness (QED) is 0.203. The van der Waals surface area contributed by atoms with E-state index in [2.05, 4.69) is 15.0 Å². The van der Waals surface area contributed by atoms with Gasteiger partial charge in [-0.05, 0) is 54.6 Å². The predicted molar refractivity (Wildman–Crippen MR) is 153 cm³/mol. The average Bonchev–Trinajstić information content (AvgIpc) is 2.87. The molecule has 0 bridgehead atoms. The minimum atomic E-state index is -4.39. The maximum absolute atomic E-state index is 13.2. The lowest BCUT2D eigenvalue weighted by molar-refractivity contribution is 0.481. The summed E-state index contributed by atoms with van der Waals surface area (Å²) in [5.74, 6) is -0.232. The van der Waals surface area contributed by atoms with Gasteiger partial charge >= 0.3 is 0 Å². The number of anilines is 1. The van der Waals surface area contributed by atoms with Gasteiger partial charge in [-0.1, -0.05) is 18.2 Å². The first kappa shape index (κ1) is 30.4. The SMILES string of the molecule is CS(=O)(=O)c1ccc(N=Nc2ccc(O)c3cccc(NS(=O)(=O)c4cccc(S(=O)(=O)Cl)c4)c23)c(S(C)(=O)=O)c1. The molecule has 0 fully saturated rings. The monoisotopic (exact) mass is 657 g/mol. The molecule has 0 atom stereocenters. The highest BCUT2D eigenvalue weighted by atomic mass is 35.7. The number of phenolic OH excluding ortho intramolecular Hbond substituents is 1. The van der Waals surface area contributed by atoms with Crippen LogP contribution >= 0.6 is 10.7 Å². The number of nitrogens with one attached hydrogen (secondary N) is 1. The number of hydrogen-bond acceptors (Lipinski definition) is 11. The van der Waals surface area contributed by atoms with Gasteiger partial charge in [0.15, 0.2) is 19.7 Å². The van der Waals surface area contributed by atoms with Gasteiger partial charge in [-0.2, -0.15) is 0 Å². The van der Waals surface area contributed by atoms with E-state index in [9.17, 15) is 38.8 Å². The Morgan fingerprint density at radius 2 is 1.29 bits per heavy atom. The number of nitrogens with zero attached hydrogens (tertiary/aromatic N) is 2. The molecule has 0 saturated heterocycles. The topological polar surface area (TPSA) is 194 Å². The Balaban J connectivity index is 1.86. The third-order valence-electron chi connectivity index (χ3n) is 5.66. The molecular weight excluding hydrogens is 638 g/mol. The molecule has 4 rings (SSSR count). The highest BCUT2D eigenvalue weighted by Gasteiger charge is 2.21. The fraction of sp³-hybridized carbons (Fsp3) is 0.0833. The second kappa shape index (κ2) is 10.7. The summed E-state index contributed by atoms with van der Waals surface area (Å²) in [7, 11) is -10.9.